The van der Waals surface area contributed by atoms with E-state index >= 15 is 0 Å². The Morgan fingerprint density at radius 1 is 0.958 bits per heavy atom. The number of benzene rings is 2. The minimum atomic E-state index is -0.183. The molecule has 2 aromatic rings. The van der Waals surface area contributed by atoms with E-state index in [9.17, 15) is 4.79 Å². The monoisotopic (exact) mass is 345 g/mol. The lowest BCUT2D eigenvalue weighted by Crippen LogP contribution is -2.35. The first kappa shape index (κ1) is 17.6. The SMILES string of the molecule is COc1ccc(NC(=S)NCC(=O)Nc2ccccc2)cc1OC. The Hall–Kier alpha value is -2.80. The van der Waals surface area contributed by atoms with Crippen molar-refractivity contribution in [2.45, 2.75) is 0 Å². The van der Waals surface area contributed by atoms with Crippen LogP contribution in [0, 0.1) is 0 Å². The van der Waals surface area contributed by atoms with Crippen molar-refractivity contribution in [1.29, 1.82) is 0 Å². The smallest absolute Gasteiger partial charge is 0.243 e. The highest BCUT2D eigenvalue weighted by molar-refractivity contribution is 7.80. The molecular weight excluding hydrogens is 326 g/mol. The Morgan fingerprint density at radius 3 is 2.33 bits per heavy atom. The summed E-state index contributed by atoms with van der Waals surface area (Å²) in [5.74, 6) is 1.04. The van der Waals surface area contributed by atoms with Gasteiger partial charge in [0, 0.05) is 17.4 Å². The summed E-state index contributed by atoms with van der Waals surface area (Å²) in [6.07, 6.45) is 0. The molecule has 0 atom stereocenters. The normalized spacial score (nSPS) is 9.75. The van der Waals surface area contributed by atoms with Gasteiger partial charge >= 0.3 is 0 Å². The summed E-state index contributed by atoms with van der Waals surface area (Å²) in [6, 6.07) is 14.6. The maximum absolute atomic E-state index is 11.9. The molecule has 0 spiro atoms. The van der Waals surface area contributed by atoms with Crippen molar-refractivity contribution >= 4 is 34.6 Å². The van der Waals surface area contributed by atoms with Crippen LogP contribution in [0.15, 0.2) is 48.5 Å². The van der Waals surface area contributed by atoms with Crippen LogP contribution in [-0.2, 0) is 4.79 Å². The van der Waals surface area contributed by atoms with Crippen molar-refractivity contribution in [2.24, 2.45) is 0 Å². The molecule has 0 aliphatic carbocycles. The maximum atomic E-state index is 11.9. The molecule has 0 saturated carbocycles. The highest BCUT2D eigenvalue weighted by Gasteiger charge is 2.07. The number of carbonyl (C=O) groups excluding carboxylic acids is 1. The summed E-state index contributed by atoms with van der Waals surface area (Å²) in [7, 11) is 3.13. The summed E-state index contributed by atoms with van der Waals surface area (Å²) in [4.78, 5) is 11.9. The molecule has 0 aromatic heterocycles. The molecule has 0 radical (unpaired) electrons. The number of carbonyl (C=O) groups is 1. The molecule has 0 aliphatic rings. The van der Waals surface area contributed by atoms with E-state index in [4.69, 9.17) is 21.7 Å². The molecule has 6 nitrogen and oxygen atoms in total. The first-order valence-corrected chi connectivity index (χ1v) is 7.65. The number of hydrogen-bond acceptors (Lipinski definition) is 4. The van der Waals surface area contributed by atoms with Crippen LogP contribution in [0.3, 0.4) is 0 Å². The lowest BCUT2D eigenvalue weighted by molar-refractivity contribution is -0.115. The molecule has 3 N–H and O–H groups in total. The second kappa shape index (κ2) is 8.73. The van der Waals surface area contributed by atoms with E-state index in [0.29, 0.717) is 16.6 Å². The van der Waals surface area contributed by atoms with Crippen molar-refractivity contribution in [3.8, 4) is 11.5 Å². The standard InChI is InChI=1S/C17H19N3O3S/c1-22-14-9-8-13(10-15(14)23-2)20-17(24)18-11-16(21)19-12-6-4-3-5-7-12/h3-10H,11H2,1-2H3,(H,19,21)(H2,18,20,24). The van der Waals surface area contributed by atoms with Crippen LogP contribution in [0.4, 0.5) is 11.4 Å². The molecule has 0 heterocycles. The number of anilines is 2. The number of nitrogens with one attached hydrogen (secondary N) is 3. The van der Waals surface area contributed by atoms with E-state index in [1.165, 1.54) is 0 Å². The molecule has 2 rings (SSSR count). The van der Waals surface area contributed by atoms with Gasteiger partial charge in [-0.15, -0.1) is 0 Å². The lowest BCUT2D eigenvalue weighted by Gasteiger charge is -2.13. The van der Waals surface area contributed by atoms with Gasteiger partial charge in [-0.05, 0) is 36.5 Å². The Kier molecular flexibility index (Phi) is 6.39. The molecule has 126 valence electrons. The maximum Gasteiger partial charge on any atom is 0.243 e. The average Bonchev–Trinajstić information content (AvgIpc) is 2.60. The van der Waals surface area contributed by atoms with Gasteiger partial charge in [0.05, 0.1) is 20.8 Å². The van der Waals surface area contributed by atoms with E-state index < -0.39 is 0 Å². The van der Waals surface area contributed by atoms with Gasteiger partial charge in [-0.25, -0.2) is 0 Å². The van der Waals surface area contributed by atoms with Gasteiger partial charge in [0.2, 0.25) is 5.91 Å². The molecule has 0 aliphatic heterocycles. The fourth-order valence-corrected chi connectivity index (χ4v) is 2.17. The average molecular weight is 345 g/mol. The predicted molar refractivity (Wildman–Crippen MR) is 98.8 cm³/mol. The molecule has 0 saturated heterocycles. The summed E-state index contributed by atoms with van der Waals surface area (Å²) in [5.41, 5.74) is 1.47. The number of para-hydroxylation sites is 1. The quantitative estimate of drug-likeness (QED) is 0.699. The molecule has 0 fully saturated rings. The number of hydrogen-bond donors (Lipinski definition) is 3. The Morgan fingerprint density at radius 2 is 1.67 bits per heavy atom. The third-order valence-corrected chi connectivity index (χ3v) is 3.35. The molecule has 1 amide bonds. The second-order valence-electron chi connectivity index (χ2n) is 4.79. The zero-order chi connectivity index (χ0) is 17.4. The predicted octanol–water partition coefficient (Wildman–Crippen LogP) is 2.63. The van der Waals surface area contributed by atoms with Crippen LogP contribution < -0.4 is 25.4 Å². The van der Waals surface area contributed by atoms with E-state index in [0.717, 1.165) is 11.4 Å². The zero-order valence-electron chi connectivity index (χ0n) is 13.5. The number of ether oxygens (including phenoxy) is 2. The van der Waals surface area contributed by atoms with E-state index in [2.05, 4.69) is 16.0 Å². The van der Waals surface area contributed by atoms with E-state index in [1.54, 1.807) is 32.4 Å². The largest absolute Gasteiger partial charge is 0.493 e. The highest BCUT2D eigenvalue weighted by Crippen LogP contribution is 2.29. The van der Waals surface area contributed by atoms with Crippen molar-refractivity contribution in [3.05, 3.63) is 48.5 Å². The van der Waals surface area contributed by atoms with Crippen molar-refractivity contribution in [2.75, 3.05) is 31.4 Å². The Bertz CT molecular complexity index is 707. The van der Waals surface area contributed by atoms with E-state index in [-0.39, 0.29) is 12.5 Å². The lowest BCUT2D eigenvalue weighted by atomic mass is 10.3. The summed E-state index contributed by atoms with van der Waals surface area (Å²) in [6.45, 7) is 0.0635. The number of rotatable bonds is 6. The van der Waals surface area contributed by atoms with Gasteiger partial charge in [-0.1, -0.05) is 18.2 Å². The van der Waals surface area contributed by atoms with Crippen molar-refractivity contribution in [1.82, 2.24) is 5.32 Å². The number of amides is 1. The van der Waals surface area contributed by atoms with Gasteiger partial charge in [-0.3, -0.25) is 4.79 Å². The molecule has 24 heavy (non-hydrogen) atoms. The van der Waals surface area contributed by atoms with Gasteiger partial charge in [0.15, 0.2) is 16.6 Å². The van der Waals surface area contributed by atoms with Crippen molar-refractivity contribution < 1.29 is 14.3 Å². The summed E-state index contributed by atoms with van der Waals surface area (Å²) < 4.78 is 10.4. The first-order chi connectivity index (χ1) is 11.6. The fourth-order valence-electron chi connectivity index (χ4n) is 1.98. The van der Waals surface area contributed by atoms with Gasteiger partial charge in [0.1, 0.15) is 0 Å². The van der Waals surface area contributed by atoms with Crippen LogP contribution >= 0.6 is 12.2 Å². The molecule has 7 heteroatoms. The highest BCUT2D eigenvalue weighted by atomic mass is 32.1. The minimum absolute atomic E-state index is 0.0635. The van der Waals surface area contributed by atoms with Crippen LogP contribution in [0.25, 0.3) is 0 Å². The third kappa shape index (κ3) is 5.13. The molecular formula is C17H19N3O3S. The Balaban J connectivity index is 1.84. The number of thiocarbonyl (C=S) groups is 1. The topological polar surface area (TPSA) is 71.6 Å². The number of methoxy groups -OCH3 is 2. The van der Waals surface area contributed by atoms with Crippen molar-refractivity contribution in [3.63, 3.8) is 0 Å². The van der Waals surface area contributed by atoms with Crippen LogP contribution in [0.5, 0.6) is 11.5 Å². The minimum Gasteiger partial charge on any atom is -0.493 e. The van der Waals surface area contributed by atoms with E-state index in [1.807, 2.05) is 30.3 Å². The summed E-state index contributed by atoms with van der Waals surface area (Å²) >= 11 is 5.19. The summed E-state index contributed by atoms with van der Waals surface area (Å²) in [5, 5.41) is 8.95. The first-order valence-electron chi connectivity index (χ1n) is 7.24. The van der Waals surface area contributed by atoms with Gasteiger partial charge < -0.3 is 25.4 Å². The molecule has 0 bridgehead atoms. The Labute approximate surface area is 146 Å². The van der Waals surface area contributed by atoms with Crippen LogP contribution in [0.1, 0.15) is 0 Å². The van der Waals surface area contributed by atoms with Gasteiger partial charge in [-0.2, -0.15) is 0 Å². The van der Waals surface area contributed by atoms with Gasteiger partial charge in [0.25, 0.3) is 0 Å². The van der Waals surface area contributed by atoms with Crippen LogP contribution in [-0.4, -0.2) is 31.8 Å². The fraction of sp³-hybridized carbons (Fsp3) is 0.176. The third-order valence-electron chi connectivity index (χ3n) is 3.11. The van der Waals surface area contributed by atoms with Crippen LogP contribution in [0.2, 0.25) is 0 Å². The second-order valence-corrected chi connectivity index (χ2v) is 5.20. The molecule has 0 unspecified atom stereocenters. The molecule has 2 aromatic carbocycles. The zero-order valence-corrected chi connectivity index (χ0v) is 14.3.